The number of hydrogen-bond donors (Lipinski definition) is 3. The summed E-state index contributed by atoms with van der Waals surface area (Å²) in [4.78, 5) is 0. The van der Waals surface area contributed by atoms with Crippen LogP contribution in [0.15, 0.2) is 12.2 Å². The van der Waals surface area contributed by atoms with Crippen LogP contribution in [-0.4, -0.2) is 34.1 Å². The third kappa shape index (κ3) is 5.29. The minimum atomic E-state index is -1.05. The molecular weight excluding hydrogens is 156 g/mol. The van der Waals surface area contributed by atoms with Gasteiger partial charge in [-0.2, -0.15) is 0 Å². The van der Waals surface area contributed by atoms with Crippen LogP contribution in [0.2, 0.25) is 0 Å². The molecule has 12 heavy (non-hydrogen) atoms. The molecule has 0 aliphatic rings. The van der Waals surface area contributed by atoms with Crippen molar-refractivity contribution < 1.29 is 15.3 Å². The minimum Gasteiger partial charge on any atom is -0.394 e. The van der Waals surface area contributed by atoms with Crippen molar-refractivity contribution in [3.05, 3.63) is 12.2 Å². The molecule has 0 saturated heterocycles. The van der Waals surface area contributed by atoms with E-state index in [0.29, 0.717) is 0 Å². The summed E-state index contributed by atoms with van der Waals surface area (Å²) >= 11 is 0. The predicted octanol–water partition coefficient (Wildman–Crippen LogP) is 0.447. The quantitative estimate of drug-likeness (QED) is 0.404. The SMILES string of the molecule is CCCCC=CC(O)C(O)CO. The van der Waals surface area contributed by atoms with Gasteiger partial charge in [0.1, 0.15) is 12.2 Å². The van der Waals surface area contributed by atoms with E-state index in [9.17, 15) is 0 Å². The molecule has 2 unspecified atom stereocenters. The first-order chi connectivity index (χ1) is 5.72. The molecule has 0 aromatic carbocycles. The monoisotopic (exact) mass is 174 g/mol. The summed E-state index contributed by atoms with van der Waals surface area (Å²) in [6.45, 7) is 1.69. The van der Waals surface area contributed by atoms with Crippen LogP contribution in [0.5, 0.6) is 0 Å². The van der Waals surface area contributed by atoms with E-state index in [4.69, 9.17) is 15.3 Å². The Balaban J connectivity index is 3.52. The maximum atomic E-state index is 9.12. The second-order valence-electron chi connectivity index (χ2n) is 2.81. The van der Waals surface area contributed by atoms with Crippen LogP contribution in [0.25, 0.3) is 0 Å². The average Bonchev–Trinajstić information content (AvgIpc) is 2.10. The largest absolute Gasteiger partial charge is 0.394 e. The van der Waals surface area contributed by atoms with E-state index in [1.807, 2.05) is 6.08 Å². The molecule has 3 nitrogen and oxygen atoms in total. The van der Waals surface area contributed by atoms with Gasteiger partial charge in [0.15, 0.2) is 0 Å². The lowest BCUT2D eigenvalue weighted by Crippen LogP contribution is -2.27. The molecule has 2 atom stereocenters. The number of aliphatic hydroxyl groups is 3. The van der Waals surface area contributed by atoms with Crippen molar-refractivity contribution in [2.45, 2.75) is 38.4 Å². The van der Waals surface area contributed by atoms with Gasteiger partial charge in [-0.15, -0.1) is 0 Å². The van der Waals surface area contributed by atoms with E-state index in [-0.39, 0.29) is 0 Å². The first-order valence-electron chi connectivity index (χ1n) is 4.36. The van der Waals surface area contributed by atoms with Crippen molar-refractivity contribution in [2.75, 3.05) is 6.61 Å². The molecule has 0 bridgehead atoms. The molecule has 72 valence electrons. The molecule has 0 spiro atoms. The summed E-state index contributed by atoms with van der Waals surface area (Å²) in [5.74, 6) is 0. The summed E-state index contributed by atoms with van der Waals surface area (Å²) in [6, 6.07) is 0. The van der Waals surface area contributed by atoms with Crippen LogP contribution in [0.3, 0.4) is 0 Å². The van der Waals surface area contributed by atoms with Crippen molar-refractivity contribution in [3.8, 4) is 0 Å². The lowest BCUT2D eigenvalue weighted by atomic mass is 10.1. The highest BCUT2D eigenvalue weighted by molar-refractivity contribution is 4.91. The van der Waals surface area contributed by atoms with Gasteiger partial charge < -0.3 is 15.3 Å². The molecule has 0 rings (SSSR count). The van der Waals surface area contributed by atoms with Gasteiger partial charge in [0.2, 0.25) is 0 Å². The fourth-order valence-corrected chi connectivity index (χ4v) is 0.794. The average molecular weight is 174 g/mol. The zero-order valence-corrected chi connectivity index (χ0v) is 7.48. The Morgan fingerprint density at radius 3 is 2.50 bits per heavy atom. The fourth-order valence-electron chi connectivity index (χ4n) is 0.794. The Kier molecular flexibility index (Phi) is 7.05. The molecule has 0 heterocycles. The van der Waals surface area contributed by atoms with Crippen LogP contribution < -0.4 is 0 Å². The summed E-state index contributed by atoms with van der Waals surface area (Å²) in [5, 5.41) is 26.5. The van der Waals surface area contributed by atoms with Gasteiger partial charge in [0.25, 0.3) is 0 Å². The summed E-state index contributed by atoms with van der Waals surface area (Å²) in [7, 11) is 0. The first-order valence-corrected chi connectivity index (χ1v) is 4.36. The zero-order valence-electron chi connectivity index (χ0n) is 7.48. The van der Waals surface area contributed by atoms with Crippen LogP contribution in [-0.2, 0) is 0 Å². The molecule has 0 aliphatic heterocycles. The van der Waals surface area contributed by atoms with E-state index in [1.165, 1.54) is 6.08 Å². The van der Waals surface area contributed by atoms with E-state index in [0.717, 1.165) is 19.3 Å². The lowest BCUT2D eigenvalue weighted by Gasteiger charge is -2.10. The lowest BCUT2D eigenvalue weighted by molar-refractivity contribution is 0.00937. The van der Waals surface area contributed by atoms with Gasteiger partial charge in [-0.3, -0.25) is 0 Å². The van der Waals surface area contributed by atoms with E-state index in [2.05, 4.69) is 6.92 Å². The van der Waals surface area contributed by atoms with Gasteiger partial charge in [-0.25, -0.2) is 0 Å². The zero-order chi connectivity index (χ0) is 9.40. The van der Waals surface area contributed by atoms with Crippen molar-refractivity contribution in [1.29, 1.82) is 0 Å². The van der Waals surface area contributed by atoms with Crippen molar-refractivity contribution in [1.82, 2.24) is 0 Å². The van der Waals surface area contributed by atoms with E-state index in [1.54, 1.807) is 0 Å². The Bertz CT molecular complexity index is 123. The van der Waals surface area contributed by atoms with Gasteiger partial charge in [0.05, 0.1) is 6.61 Å². The number of hydrogen-bond acceptors (Lipinski definition) is 3. The van der Waals surface area contributed by atoms with Gasteiger partial charge in [-0.05, 0) is 6.42 Å². The van der Waals surface area contributed by atoms with Crippen LogP contribution in [0.1, 0.15) is 26.2 Å². The smallest absolute Gasteiger partial charge is 0.106 e. The molecule has 0 aromatic heterocycles. The Morgan fingerprint density at radius 1 is 1.33 bits per heavy atom. The maximum Gasteiger partial charge on any atom is 0.106 e. The number of allylic oxidation sites excluding steroid dienone is 1. The molecule has 0 aliphatic carbocycles. The number of unbranched alkanes of at least 4 members (excludes halogenated alkanes) is 2. The highest BCUT2D eigenvalue weighted by atomic mass is 16.4. The summed E-state index contributed by atoms with van der Waals surface area (Å²) < 4.78 is 0. The standard InChI is InChI=1S/C9H18O3/c1-2-3-4-5-6-8(11)9(12)7-10/h5-6,8-12H,2-4,7H2,1H3. The van der Waals surface area contributed by atoms with Gasteiger partial charge in [0, 0.05) is 0 Å². The Labute approximate surface area is 73.4 Å². The van der Waals surface area contributed by atoms with Crippen molar-refractivity contribution >= 4 is 0 Å². The fraction of sp³-hybridized carbons (Fsp3) is 0.778. The van der Waals surface area contributed by atoms with Crippen LogP contribution in [0, 0.1) is 0 Å². The van der Waals surface area contributed by atoms with Crippen molar-refractivity contribution in [3.63, 3.8) is 0 Å². The molecule has 3 heteroatoms. The third-order valence-electron chi connectivity index (χ3n) is 1.64. The van der Waals surface area contributed by atoms with Crippen LogP contribution >= 0.6 is 0 Å². The molecule has 0 aromatic rings. The molecule has 3 N–H and O–H groups in total. The van der Waals surface area contributed by atoms with Crippen molar-refractivity contribution in [2.24, 2.45) is 0 Å². The highest BCUT2D eigenvalue weighted by Crippen LogP contribution is 1.99. The molecule has 0 fully saturated rings. The van der Waals surface area contributed by atoms with Gasteiger partial charge in [-0.1, -0.05) is 31.9 Å². The second-order valence-corrected chi connectivity index (χ2v) is 2.81. The topological polar surface area (TPSA) is 60.7 Å². The van der Waals surface area contributed by atoms with E-state index >= 15 is 0 Å². The summed E-state index contributed by atoms with van der Waals surface area (Å²) in [5.41, 5.74) is 0. The minimum absolute atomic E-state index is 0.403. The summed E-state index contributed by atoms with van der Waals surface area (Å²) in [6.07, 6.45) is 4.46. The Hall–Kier alpha value is -0.380. The number of rotatable bonds is 6. The second kappa shape index (κ2) is 7.28. The molecular formula is C9H18O3. The third-order valence-corrected chi connectivity index (χ3v) is 1.64. The normalized spacial score (nSPS) is 16.7. The first kappa shape index (κ1) is 11.6. The van der Waals surface area contributed by atoms with Gasteiger partial charge >= 0.3 is 0 Å². The molecule has 0 saturated carbocycles. The number of aliphatic hydroxyl groups excluding tert-OH is 3. The Morgan fingerprint density at radius 2 is 2.00 bits per heavy atom. The predicted molar refractivity (Wildman–Crippen MR) is 47.8 cm³/mol. The molecule has 0 radical (unpaired) electrons. The highest BCUT2D eigenvalue weighted by Gasteiger charge is 2.10. The molecule has 0 amide bonds. The van der Waals surface area contributed by atoms with E-state index < -0.39 is 18.8 Å². The maximum absolute atomic E-state index is 9.12. The van der Waals surface area contributed by atoms with Crippen LogP contribution in [0.4, 0.5) is 0 Å².